The molecule has 1 unspecified atom stereocenters. The molecule has 1 N–H and O–H groups in total. The standard InChI is InChI=1S/C23H30N2O4/c1-13(2)12-25-15(4)9-14(3)21(23(25)27)22(26)24-18-8-7-16-10-19(28-5)20(29-6)11-17(16)18/h9-11,13,18H,7-8,12H2,1-6H3,(H,24,26). The fourth-order valence-electron chi connectivity index (χ4n) is 4.11. The topological polar surface area (TPSA) is 69.6 Å². The Kier molecular flexibility index (Phi) is 6.01. The van der Waals surface area contributed by atoms with Crippen LogP contribution < -0.4 is 20.3 Å². The predicted molar refractivity (Wildman–Crippen MR) is 113 cm³/mol. The monoisotopic (exact) mass is 398 g/mol. The molecule has 0 bridgehead atoms. The fraction of sp³-hybridized carbons (Fsp3) is 0.478. The normalized spacial score (nSPS) is 15.3. The van der Waals surface area contributed by atoms with Crippen LogP contribution in [-0.4, -0.2) is 24.7 Å². The second kappa shape index (κ2) is 8.31. The van der Waals surface area contributed by atoms with Crippen LogP contribution in [0.15, 0.2) is 23.0 Å². The van der Waals surface area contributed by atoms with Crippen molar-refractivity contribution in [1.82, 2.24) is 9.88 Å². The zero-order valence-electron chi connectivity index (χ0n) is 18.1. The quantitative estimate of drug-likeness (QED) is 0.808. The first-order valence-electron chi connectivity index (χ1n) is 10.0. The first-order chi connectivity index (χ1) is 13.8. The van der Waals surface area contributed by atoms with Gasteiger partial charge in [0.05, 0.1) is 20.3 Å². The summed E-state index contributed by atoms with van der Waals surface area (Å²) < 4.78 is 12.5. The second-order valence-corrected chi connectivity index (χ2v) is 8.12. The number of amides is 1. The fourth-order valence-corrected chi connectivity index (χ4v) is 4.11. The van der Waals surface area contributed by atoms with Crippen molar-refractivity contribution in [2.24, 2.45) is 5.92 Å². The summed E-state index contributed by atoms with van der Waals surface area (Å²) in [5.74, 6) is 1.31. The van der Waals surface area contributed by atoms with Crippen molar-refractivity contribution < 1.29 is 14.3 Å². The number of pyridine rings is 1. The lowest BCUT2D eigenvalue weighted by Gasteiger charge is -2.19. The Morgan fingerprint density at radius 3 is 2.45 bits per heavy atom. The highest BCUT2D eigenvalue weighted by atomic mass is 16.5. The summed E-state index contributed by atoms with van der Waals surface area (Å²) in [5, 5.41) is 3.07. The van der Waals surface area contributed by atoms with E-state index in [0.29, 0.717) is 29.5 Å². The third-order valence-electron chi connectivity index (χ3n) is 5.51. The van der Waals surface area contributed by atoms with Crippen LogP contribution in [0.2, 0.25) is 0 Å². The zero-order valence-corrected chi connectivity index (χ0v) is 18.1. The van der Waals surface area contributed by atoms with Crippen LogP contribution in [0, 0.1) is 19.8 Å². The molecule has 29 heavy (non-hydrogen) atoms. The Balaban J connectivity index is 1.93. The Morgan fingerprint density at radius 1 is 1.17 bits per heavy atom. The van der Waals surface area contributed by atoms with E-state index >= 15 is 0 Å². The van der Waals surface area contributed by atoms with Crippen molar-refractivity contribution in [2.45, 2.75) is 53.1 Å². The van der Waals surface area contributed by atoms with Crippen molar-refractivity contribution in [1.29, 1.82) is 0 Å². The van der Waals surface area contributed by atoms with E-state index in [-0.39, 0.29) is 23.1 Å². The predicted octanol–water partition coefficient (Wildman–Crippen LogP) is 3.56. The molecular weight excluding hydrogens is 368 g/mol. The Labute approximate surface area is 171 Å². The van der Waals surface area contributed by atoms with Crippen molar-refractivity contribution in [2.75, 3.05) is 14.2 Å². The number of aryl methyl sites for hydroxylation is 3. The molecule has 1 aromatic heterocycles. The smallest absolute Gasteiger partial charge is 0.263 e. The van der Waals surface area contributed by atoms with Gasteiger partial charge in [0.1, 0.15) is 5.56 Å². The highest BCUT2D eigenvalue weighted by molar-refractivity contribution is 5.95. The molecule has 0 spiro atoms. The third kappa shape index (κ3) is 4.02. The van der Waals surface area contributed by atoms with Crippen molar-refractivity contribution in [3.05, 3.63) is 56.5 Å². The van der Waals surface area contributed by atoms with Crippen molar-refractivity contribution in [3.8, 4) is 11.5 Å². The maximum Gasteiger partial charge on any atom is 0.263 e. The van der Waals surface area contributed by atoms with E-state index in [9.17, 15) is 9.59 Å². The minimum absolute atomic E-state index is 0.157. The van der Waals surface area contributed by atoms with Crippen LogP contribution in [0.1, 0.15) is 59.1 Å². The van der Waals surface area contributed by atoms with Crippen molar-refractivity contribution >= 4 is 5.91 Å². The molecule has 156 valence electrons. The summed E-state index contributed by atoms with van der Waals surface area (Å²) in [6.07, 6.45) is 1.62. The van der Waals surface area contributed by atoms with Gasteiger partial charge in [0.15, 0.2) is 11.5 Å². The van der Waals surface area contributed by atoms with Gasteiger partial charge in [-0.1, -0.05) is 13.8 Å². The summed E-state index contributed by atoms with van der Waals surface area (Å²) in [6, 6.07) is 5.64. The van der Waals surface area contributed by atoms with Gasteiger partial charge in [0.2, 0.25) is 0 Å². The first kappa shape index (κ1) is 21.0. The van der Waals surface area contributed by atoms with Gasteiger partial charge in [-0.05, 0) is 67.5 Å². The van der Waals surface area contributed by atoms with Gasteiger partial charge in [0.25, 0.3) is 11.5 Å². The van der Waals surface area contributed by atoms with Gasteiger partial charge in [0, 0.05) is 12.2 Å². The molecule has 0 saturated heterocycles. The van der Waals surface area contributed by atoms with Gasteiger partial charge in [-0.25, -0.2) is 0 Å². The molecule has 1 heterocycles. The number of hydrogen-bond donors (Lipinski definition) is 1. The Morgan fingerprint density at radius 2 is 1.83 bits per heavy atom. The van der Waals surface area contributed by atoms with E-state index in [1.807, 2.05) is 32.0 Å². The van der Waals surface area contributed by atoms with Crippen LogP contribution in [0.3, 0.4) is 0 Å². The van der Waals surface area contributed by atoms with E-state index in [1.165, 1.54) is 0 Å². The number of methoxy groups -OCH3 is 2. The molecule has 3 rings (SSSR count). The number of fused-ring (bicyclic) bond motifs is 1. The number of ether oxygens (including phenoxy) is 2. The maximum absolute atomic E-state index is 13.1. The van der Waals surface area contributed by atoms with Gasteiger partial charge in [-0.15, -0.1) is 0 Å². The van der Waals surface area contributed by atoms with Gasteiger partial charge < -0.3 is 19.4 Å². The first-order valence-corrected chi connectivity index (χ1v) is 10.0. The largest absolute Gasteiger partial charge is 0.493 e. The molecular formula is C23H30N2O4. The third-order valence-corrected chi connectivity index (χ3v) is 5.51. The number of hydrogen-bond acceptors (Lipinski definition) is 4. The molecule has 6 heteroatoms. The van der Waals surface area contributed by atoms with E-state index in [0.717, 1.165) is 29.7 Å². The molecule has 1 atom stereocenters. The molecule has 0 aliphatic heterocycles. The average Bonchev–Trinajstić information content (AvgIpc) is 3.05. The highest BCUT2D eigenvalue weighted by Crippen LogP contribution is 2.39. The van der Waals surface area contributed by atoms with E-state index < -0.39 is 0 Å². The second-order valence-electron chi connectivity index (χ2n) is 8.12. The molecule has 0 fully saturated rings. The van der Waals surface area contributed by atoms with Crippen LogP contribution in [0.4, 0.5) is 0 Å². The molecule has 6 nitrogen and oxygen atoms in total. The summed E-state index contributed by atoms with van der Waals surface area (Å²) in [4.78, 5) is 26.2. The summed E-state index contributed by atoms with van der Waals surface area (Å²) in [7, 11) is 3.21. The lowest BCUT2D eigenvalue weighted by Crippen LogP contribution is -2.37. The lowest BCUT2D eigenvalue weighted by atomic mass is 10.0. The minimum atomic E-state index is -0.322. The molecule has 1 aliphatic rings. The van der Waals surface area contributed by atoms with Gasteiger partial charge in [-0.2, -0.15) is 0 Å². The zero-order chi connectivity index (χ0) is 21.3. The number of carbonyl (C=O) groups is 1. The molecule has 1 amide bonds. The summed E-state index contributed by atoms with van der Waals surface area (Å²) >= 11 is 0. The van der Waals surface area contributed by atoms with E-state index in [1.54, 1.807) is 18.8 Å². The number of aromatic nitrogens is 1. The van der Waals surface area contributed by atoms with Crippen LogP contribution in [-0.2, 0) is 13.0 Å². The summed E-state index contributed by atoms with van der Waals surface area (Å²) in [5.41, 5.74) is 3.73. The summed E-state index contributed by atoms with van der Waals surface area (Å²) in [6.45, 7) is 8.44. The molecule has 0 saturated carbocycles. The Hall–Kier alpha value is -2.76. The van der Waals surface area contributed by atoms with Crippen LogP contribution in [0.25, 0.3) is 0 Å². The molecule has 1 aromatic carbocycles. The Bertz CT molecular complexity index is 991. The van der Waals surface area contributed by atoms with Gasteiger partial charge >= 0.3 is 0 Å². The van der Waals surface area contributed by atoms with E-state index in [4.69, 9.17) is 9.47 Å². The number of carbonyl (C=O) groups excluding carboxylic acids is 1. The SMILES string of the molecule is COc1cc2c(cc1OC)C(NC(=O)c1c(C)cc(C)n(CC(C)C)c1=O)CC2. The number of nitrogens with one attached hydrogen (secondary N) is 1. The maximum atomic E-state index is 13.1. The van der Waals surface area contributed by atoms with Crippen LogP contribution in [0.5, 0.6) is 11.5 Å². The average molecular weight is 399 g/mol. The molecule has 2 aromatic rings. The number of nitrogens with zero attached hydrogens (tertiary/aromatic N) is 1. The lowest BCUT2D eigenvalue weighted by molar-refractivity contribution is 0.0933. The van der Waals surface area contributed by atoms with Gasteiger partial charge in [-0.3, -0.25) is 9.59 Å². The number of benzene rings is 1. The van der Waals surface area contributed by atoms with Crippen molar-refractivity contribution in [3.63, 3.8) is 0 Å². The van der Waals surface area contributed by atoms with Crippen LogP contribution >= 0.6 is 0 Å². The number of rotatable bonds is 6. The molecule has 0 radical (unpaired) electrons. The van der Waals surface area contributed by atoms with E-state index in [2.05, 4.69) is 19.2 Å². The minimum Gasteiger partial charge on any atom is -0.493 e. The molecule has 1 aliphatic carbocycles. The highest BCUT2D eigenvalue weighted by Gasteiger charge is 2.28.